The van der Waals surface area contributed by atoms with Crippen LogP contribution in [0.1, 0.15) is 24.4 Å². The molecule has 0 unspecified atom stereocenters. The van der Waals surface area contributed by atoms with Crippen LogP contribution < -0.4 is 5.73 Å². The number of aliphatic hydroxyl groups is 1. The van der Waals surface area contributed by atoms with Crippen LogP contribution >= 0.6 is 44.3 Å². The fraction of sp³-hybridized carbons (Fsp3) is 0.400. The average Bonchev–Trinajstić information content (AvgIpc) is 2.18. The lowest BCUT2D eigenvalue weighted by atomic mass is 10.0. The van der Waals surface area contributed by atoms with E-state index in [1.807, 2.05) is 18.2 Å². The van der Waals surface area contributed by atoms with Crippen LogP contribution in [0.25, 0.3) is 0 Å². The van der Waals surface area contributed by atoms with Gasteiger partial charge in [-0.3, -0.25) is 0 Å². The first-order valence-electron chi connectivity index (χ1n) is 4.46. The minimum Gasteiger partial charge on any atom is -0.396 e. The molecule has 0 aliphatic rings. The van der Waals surface area contributed by atoms with E-state index in [0.717, 1.165) is 27.4 Å². The van der Waals surface area contributed by atoms with E-state index in [9.17, 15) is 0 Å². The van der Waals surface area contributed by atoms with Crippen molar-refractivity contribution in [1.82, 2.24) is 0 Å². The summed E-state index contributed by atoms with van der Waals surface area (Å²) in [6.45, 7) is 0.200. The minimum atomic E-state index is 0. The number of rotatable bonds is 4. The summed E-state index contributed by atoms with van der Waals surface area (Å²) in [5.74, 6) is 0. The van der Waals surface area contributed by atoms with Crippen LogP contribution in [0.2, 0.25) is 0 Å². The standard InChI is InChI=1S/C10H13Br2NO.ClH/c11-8-4-3-7(6-9(8)12)10(13)2-1-5-14;/h3-4,6,10,14H,1-2,5,13H2;1H/t10-;/m1./s1. The van der Waals surface area contributed by atoms with E-state index in [1.165, 1.54) is 0 Å². The van der Waals surface area contributed by atoms with Gasteiger partial charge in [0.1, 0.15) is 0 Å². The fourth-order valence-electron chi connectivity index (χ4n) is 1.22. The highest BCUT2D eigenvalue weighted by Crippen LogP contribution is 2.27. The van der Waals surface area contributed by atoms with Gasteiger partial charge in [-0.2, -0.15) is 0 Å². The molecule has 0 aliphatic carbocycles. The zero-order valence-electron chi connectivity index (χ0n) is 8.12. The second kappa shape index (κ2) is 7.63. The lowest BCUT2D eigenvalue weighted by Crippen LogP contribution is -2.10. The fourth-order valence-corrected chi connectivity index (χ4v) is 1.86. The second-order valence-electron chi connectivity index (χ2n) is 3.15. The third-order valence-corrected chi connectivity index (χ3v) is 3.92. The van der Waals surface area contributed by atoms with Gasteiger partial charge in [0.05, 0.1) is 0 Å². The maximum Gasteiger partial charge on any atom is 0.0431 e. The molecule has 3 N–H and O–H groups in total. The van der Waals surface area contributed by atoms with Gasteiger partial charge >= 0.3 is 0 Å². The summed E-state index contributed by atoms with van der Waals surface area (Å²) in [6, 6.07) is 5.98. The number of nitrogens with two attached hydrogens (primary N) is 1. The van der Waals surface area contributed by atoms with Crippen LogP contribution in [-0.4, -0.2) is 11.7 Å². The zero-order valence-corrected chi connectivity index (χ0v) is 12.1. The summed E-state index contributed by atoms with van der Waals surface area (Å²) < 4.78 is 2.03. The molecule has 0 heterocycles. The molecule has 15 heavy (non-hydrogen) atoms. The van der Waals surface area contributed by atoms with E-state index in [4.69, 9.17) is 10.8 Å². The highest BCUT2D eigenvalue weighted by Gasteiger charge is 2.06. The third-order valence-electron chi connectivity index (χ3n) is 2.05. The first kappa shape index (κ1) is 15.4. The Hall–Kier alpha value is 0.390. The molecule has 1 aromatic rings. The lowest BCUT2D eigenvalue weighted by Gasteiger charge is -2.11. The Morgan fingerprint density at radius 2 is 1.93 bits per heavy atom. The molecule has 0 fully saturated rings. The normalized spacial score (nSPS) is 12.0. The van der Waals surface area contributed by atoms with Gasteiger partial charge in [-0.15, -0.1) is 12.4 Å². The number of hydrogen-bond acceptors (Lipinski definition) is 2. The Bertz CT molecular complexity index is 309. The average molecular weight is 359 g/mol. The molecule has 86 valence electrons. The summed E-state index contributed by atoms with van der Waals surface area (Å²) in [5.41, 5.74) is 7.04. The summed E-state index contributed by atoms with van der Waals surface area (Å²) >= 11 is 6.83. The molecule has 0 saturated carbocycles. The zero-order chi connectivity index (χ0) is 10.6. The SMILES string of the molecule is Cl.N[C@H](CCCO)c1ccc(Br)c(Br)c1. The van der Waals surface area contributed by atoms with Crippen LogP contribution in [0.15, 0.2) is 27.1 Å². The lowest BCUT2D eigenvalue weighted by molar-refractivity contribution is 0.280. The van der Waals surface area contributed by atoms with E-state index >= 15 is 0 Å². The van der Waals surface area contributed by atoms with Crippen LogP contribution in [0.3, 0.4) is 0 Å². The van der Waals surface area contributed by atoms with Gasteiger partial charge in [0.2, 0.25) is 0 Å². The van der Waals surface area contributed by atoms with Crippen molar-refractivity contribution in [3.8, 4) is 0 Å². The molecular formula is C10H14Br2ClNO. The van der Waals surface area contributed by atoms with Crippen LogP contribution in [-0.2, 0) is 0 Å². The van der Waals surface area contributed by atoms with Gasteiger partial charge in [0, 0.05) is 21.6 Å². The Balaban J connectivity index is 0.00000196. The molecule has 0 bridgehead atoms. The minimum absolute atomic E-state index is 0. The highest BCUT2D eigenvalue weighted by atomic mass is 79.9. The Morgan fingerprint density at radius 3 is 2.47 bits per heavy atom. The molecule has 0 amide bonds. The molecule has 2 nitrogen and oxygen atoms in total. The molecule has 0 saturated heterocycles. The van der Waals surface area contributed by atoms with Crippen molar-refractivity contribution >= 4 is 44.3 Å². The Morgan fingerprint density at radius 1 is 1.27 bits per heavy atom. The van der Waals surface area contributed by atoms with Crippen molar-refractivity contribution in [2.45, 2.75) is 18.9 Å². The molecule has 0 spiro atoms. The molecule has 1 rings (SSSR count). The van der Waals surface area contributed by atoms with Gasteiger partial charge in [-0.1, -0.05) is 6.07 Å². The van der Waals surface area contributed by atoms with Crippen molar-refractivity contribution in [3.05, 3.63) is 32.7 Å². The Labute approximate surface area is 113 Å². The molecule has 1 aromatic carbocycles. The van der Waals surface area contributed by atoms with Crippen molar-refractivity contribution in [2.24, 2.45) is 5.73 Å². The van der Waals surface area contributed by atoms with Gasteiger partial charge < -0.3 is 10.8 Å². The summed E-state index contributed by atoms with van der Waals surface area (Å²) in [4.78, 5) is 0. The largest absolute Gasteiger partial charge is 0.396 e. The van der Waals surface area contributed by atoms with E-state index in [2.05, 4.69) is 31.9 Å². The summed E-state index contributed by atoms with van der Waals surface area (Å²) in [6.07, 6.45) is 1.55. The number of halogens is 3. The van der Waals surface area contributed by atoms with E-state index < -0.39 is 0 Å². The van der Waals surface area contributed by atoms with Gasteiger partial charge in [0.25, 0.3) is 0 Å². The Kier molecular flexibility index (Phi) is 7.83. The number of benzene rings is 1. The summed E-state index contributed by atoms with van der Waals surface area (Å²) in [5, 5.41) is 8.69. The van der Waals surface area contributed by atoms with Crippen molar-refractivity contribution in [3.63, 3.8) is 0 Å². The number of aliphatic hydroxyl groups excluding tert-OH is 1. The van der Waals surface area contributed by atoms with Crippen LogP contribution in [0.4, 0.5) is 0 Å². The number of hydrogen-bond donors (Lipinski definition) is 2. The highest BCUT2D eigenvalue weighted by molar-refractivity contribution is 9.13. The van der Waals surface area contributed by atoms with Crippen molar-refractivity contribution < 1.29 is 5.11 Å². The summed E-state index contributed by atoms with van der Waals surface area (Å²) in [7, 11) is 0. The van der Waals surface area contributed by atoms with E-state index in [1.54, 1.807) is 0 Å². The van der Waals surface area contributed by atoms with Gasteiger partial charge in [0.15, 0.2) is 0 Å². The molecule has 0 aromatic heterocycles. The van der Waals surface area contributed by atoms with E-state index in [0.29, 0.717) is 0 Å². The molecule has 5 heteroatoms. The molecule has 0 aliphatic heterocycles. The monoisotopic (exact) mass is 357 g/mol. The predicted molar refractivity (Wildman–Crippen MR) is 72.3 cm³/mol. The van der Waals surface area contributed by atoms with Crippen LogP contribution in [0.5, 0.6) is 0 Å². The maximum absolute atomic E-state index is 8.69. The van der Waals surface area contributed by atoms with Crippen molar-refractivity contribution in [2.75, 3.05) is 6.61 Å². The van der Waals surface area contributed by atoms with Gasteiger partial charge in [-0.25, -0.2) is 0 Å². The third kappa shape index (κ3) is 4.83. The maximum atomic E-state index is 8.69. The first-order valence-corrected chi connectivity index (χ1v) is 6.05. The molecule has 1 atom stereocenters. The molecule has 0 radical (unpaired) electrons. The van der Waals surface area contributed by atoms with Crippen molar-refractivity contribution in [1.29, 1.82) is 0 Å². The molecular weight excluding hydrogens is 345 g/mol. The van der Waals surface area contributed by atoms with E-state index in [-0.39, 0.29) is 25.1 Å². The van der Waals surface area contributed by atoms with Crippen LogP contribution in [0, 0.1) is 0 Å². The topological polar surface area (TPSA) is 46.2 Å². The van der Waals surface area contributed by atoms with Gasteiger partial charge in [-0.05, 0) is 62.4 Å². The first-order chi connectivity index (χ1) is 6.65. The smallest absolute Gasteiger partial charge is 0.0431 e. The predicted octanol–water partition coefficient (Wildman–Crippen LogP) is 3.41. The second-order valence-corrected chi connectivity index (χ2v) is 4.85. The quantitative estimate of drug-likeness (QED) is 0.865.